The van der Waals surface area contributed by atoms with Crippen molar-refractivity contribution < 1.29 is 19.4 Å². The Morgan fingerprint density at radius 3 is 2.52 bits per heavy atom. The van der Waals surface area contributed by atoms with E-state index in [1.54, 1.807) is 0 Å². The zero-order valence-electron chi connectivity index (χ0n) is 14.8. The highest BCUT2D eigenvalue weighted by Gasteiger charge is 2.68. The molecule has 4 atom stereocenters. The predicted octanol–water partition coefficient (Wildman–Crippen LogP) is 2.58. The molecule has 4 unspecified atom stereocenters. The third kappa shape index (κ3) is 3.77. The first-order valence-corrected chi connectivity index (χ1v) is 8.98. The molecule has 0 aromatic heterocycles. The third-order valence-electron chi connectivity index (χ3n) is 4.51. The van der Waals surface area contributed by atoms with Crippen molar-refractivity contribution in [3.8, 4) is 0 Å². The van der Waals surface area contributed by atoms with Gasteiger partial charge >= 0.3 is 5.97 Å². The number of allylic oxidation sites excluding steroid dienone is 2. The van der Waals surface area contributed by atoms with Gasteiger partial charge in [-0.25, -0.2) is 4.79 Å². The summed E-state index contributed by atoms with van der Waals surface area (Å²) >= 11 is 0. The fraction of sp³-hybridized carbons (Fsp3) is 0.778. The number of nitrogens with one attached hydrogen (secondary N) is 1. The quantitative estimate of drug-likeness (QED) is 0.615. The molecule has 1 aliphatic carbocycles. The average molecular weight is 325 g/mol. The topological polar surface area (TPSA) is 75.6 Å². The number of amides is 1. The van der Waals surface area contributed by atoms with E-state index in [4.69, 9.17) is 9.84 Å². The normalized spacial score (nSPS) is 33.9. The standard InChI is InChI=1S/C14H19NO4.2C2H6/c16-7-6-10-11-14(13(18)19-11,15-12(10)17)8-9-4-2-1-3-5-9;2*1-2/h2,4,9-11,16H,1,3,5-8H2,(H,15,17);2*1-2H3. The van der Waals surface area contributed by atoms with E-state index in [2.05, 4.69) is 17.5 Å². The largest absolute Gasteiger partial charge is 0.457 e. The van der Waals surface area contributed by atoms with Crippen molar-refractivity contribution in [2.45, 2.75) is 71.4 Å². The summed E-state index contributed by atoms with van der Waals surface area (Å²) in [5.74, 6) is -0.539. The highest BCUT2D eigenvalue weighted by Crippen LogP contribution is 2.44. The average Bonchev–Trinajstić information content (AvgIpc) is 2.81. The van der Waals surface area contributed by atoms with E-state index >= 15 is 0 Å². The third-order valence-corrected chi connectivity index (χ3v) is 4.51. The van der Waals surface area contributed by atoms with Gasteiger partial charge in [0.1, 0.15) is 6.10 Å². The summed E-state index contributed by atoms with van der Waals surface area (Å²) in [4.78, 5) is 23.8. The van der Waals surface area contributed by atoms with Gasteiger partial charge in [0.15, 0.2) is 5.54 Å². The summed E-state index contributed by atoms with van der Waals surface area (Å²) in [5.41, 5.74) is -0.830. The number of fused-ring (bicyclic) bond motifs is 1. The second-order valence-corrected chi connectivity index (χ2v) is 5.73. The van der Waals surface area contributed by atoms with Crippen LogP contribution in [0, 0.1) is 11.8 Å². The molecule has 3 rings (SSSR count). The number of carbonyl (C=O) groups excluding carboxylic acids is 2. The molecule has 0 bridgehead atoms. The minimum atomic E-state index is -0.830. The molecule has 0 saturated carbocycles. The van der Waals surface area contributed by atoms with Crippen molar-refractivity contribution in [1.82, 2.24) is 5.32 Å². The van der Waals surface area contributed by atoms with Crippen LogP contribution in [0.25, 0.3) is 0 Å². The molecule has 0 spiro atoms. The van der Waals surface area contributed by atoms with Crippen LogP contribution >= 0.6 is 0 Å². The van der Waals surface area contributed by atoms with Gasteiger partial charge in [-0.05, 0) is 38.0 Å². The van der Waals surface area contributed by atoms with Crippen LogP contribution in [0.4, 0.5) is 0 Å². The molecule has 2 heterocycles. The summed E-state index contributed by atoms with van der Waals surface area (Å²) in [6.45, 7) is 7.94. The van der Waals surface area contributed by atoms with Gasteiger partial charge in [0.05, 0.1) is 5.92 Å². The Bertz CT molecular complexity index is 435. The van der Waals surface area contributed by atoms with E-state index in [-0.39, 0.29) is 18.5 Å². The van der Waals surface area contributed by atoms with Crippen LogP contribution in [0.3, 0.4) is 0 Å². The molecule has 2 saturated heterocycles. The molecular formula is C18H31NO4. The van der Waals surface area contributed by atoms with Gasteiger partial charge in [-0.1, -0.05) is 39.8 Å². The Morgan fingerprint density at radius 1 is 1.30 bits per heavy atom. The van der Waals surface area contributed by atoms with Crippen molar-refractivity contribution in [2.75, 3.05) is 6.61 Å². The second-order valence-electron chi connectivity index (χ2n) is 5.73. The maximum atomic E-state index is 11.9. The number of hydrogen-bond donors (Lipinski definition) is 2. The fourth-order valence-electron chi connectivity index (χ4n) is 3.52. The summed E-state index contributed by atoms with van der Waals surface area (Å²) < 4.78 is 5.19. The van der Waals surface area contributed by atoms with E-state index in [9.17, 15) is 9.59 Å². The van der Waals surface area contributed by atoms with Crippen LogP contribution in [0.2, 0.25) is 0 Å². The van der Waals surface area contributed by atoms with Gasteiger partial charge in [0.2, 0.25) is 5.91 Å². The molecule has 1 amide bonds. The Hall–Kier alpha value is -1.36. The Morgan fingerprint density at radius 2 is 2.00 bits per heavy atom. The van der Waals surface area contributed by atoms with E-state index in [0.717, 1.165) is 19.3 Å². The molecule has 5 heteroatoms. The van der Waals surface area contributed by atoms with Crippen molar-refractivity contribution in [3.05, 3.63) is 12.2 Å². The van der Waals surface area contributed by atoms with Crippen molar-refractivity contribution in [1.29, 1.82) is 0 Å². The fourth-order valence-corrected chi connectivity index (χ4v) is 3.52. The Kier molecular flexibility index (Phi) is 7.76. The molecule has 23 heavy (non-hydrogen) atoms. The van der Waals surface area contributed by atoms with Gasteiger partial charge < -0.3 is 15.2 Å². The second kappa shape index (κ2) is 9.06. The van der Waals surface area contributed by atoms with Gasteiger partial charge in [0, 0.05) is 6.61 Å². The minimum absolute atomic E-state index is 0.0639. The van der Waals surface area contributed by atoms with E-state index in [0.29, 0.717) is 18.8 Å². The van der Waals surface area contributed by atoms with Gasteiger partial charge in [-0.3, -0.25) is 4.79 Å². The van der Waals surface area contributed by atoms with E-state index in [1.165, 1.54) is 0 Å². The zero-order chi connectivity index (χ0) is 17.5. The van der Waals surface area contributed by atoms with Crippen LogP contribution in [0.1, 0.15) is 59.8 Å². The van der Waals surface area contributed by atoms with Crippen LogP contribution in [0.15, 0.2) is 12.2 Å². The number of esters is 1. The number of aliphatic hydroxyl groups excluding tert-OH is 1. The Labute approximate surface area is 139 Å². The van der Waals surface area contributed by atoms with Gasteiger partial charge in [0.25, 0.3) is 0 Å². The number of carbonyl (C=O) groups is 2. The summed E-state index contributed by atoms with van der Waals surface area (Å²) in [6, 6.07) is 0. The molecule has 132 valence electrons. The number of aliphatic hydroxyl groups is 1. The maximum Gasteiger partial charge on any atom is 0.336 e. The molecule has 0 aromatic rings. The SMILES string of the molecule is CC.CC.O=C1NC2(CC3C=CCCC3)C(=O)OC2C1CCO. The van der Waals surface area contributed by atoms with Crippen molar-refractivity contribution >= 4 is 11.9 Å². The first-order valence-electron chi connectivity index (χ1n) is 8.98. The van der Waals surface area contributed by atoms with Crippen LogP contribution < -0.4 is 5.32 Å². The van der Waals surface area contributed by atoms with Crippen LogP contribution in [-0.2, 0) is 14.3 Å². The first kappa shape index (κ1) is 19.7. The maximum absolute atomic E-state index is 11.9. The van der Waals surface area contributed by atoms with Gasteiger partial charge in [-0.15, -0.1) is 0 Å². The molecule has 2 fully saturated rings. The lowest BCUT2D eigenvalue weighted by Crippen LogP contribution is -2.67. The predicted molar refractivity (Wildman–Crippen MR) is 89.7 cm³/mol. The molecule has 0 radical (unpaired) electrons. The molecule has 5 nitrogen and oxygen atoms in total. The molecular weight excluding hydrogens is 294 g/mol. The summed E-state index contributed by atoms with van der Waals surface area (Å²) in [6.07, 6.45) is 8.15. The first-order chi connectivity index (χ1) is 11.2. The van der Waals surface area contributed by atoms with Crippen molar-refractivity contribution in [2.24, 2.45) is 11.8 Å². The number of ether oxygens (including phenoxy) is 1. The summed E-state index contributed by atoms with van der Waals surface area (Å²) in [7, 11) is 0. The zero-order valence-corrected chi connectivity index (χ0v) is 14.8. The molecule has 2 aliphatic heterocycles. The number of rotatable bonds is 4. The van der Waals surface area contributed by atoms with Crippen molar-refractivity contribution in [3.63, 3.8) is 0 Å². The van der Waals surface area contributed by atoms with Crippen LogP contribution in [0.5, 0.6) is 0 Å². The number of hydrogen-bond acceptors (Lipinski definition) is 4. The highest BCUT2D eigenvalue weighted by molar-refractivity contribution is 5.99. The summed E-state index contributed by atoms with van der Waals surface area (Å²) in [5, 5.41) is 11.9. The minimum Gasteiger partial charge on any atom is -0.457 e. The van der Waals surface area contributed by atoms with E-state index < -0.39 is 17.6 Å². The molecule has 0 aromatic carbocycles. The van der Waals surface area contributed by atoms with Gasteiger partial charge in [-0.2, -0.15) is 0 Å². The Balaban J connectivity index is 0.000000615. The monoisotopic (exact) mass is 325 g/mol. The highest BCUT2D eigenvalue weighted by atomic mass is 16.6. The lowest BCUT2D eigenvalue weighted by atomic mass is 9.75. The molecule has 3 aliphatic rings. The van der Waals surface area contributed by atoms with E-state index in [1.807, 2.05) is 27.7 Å². The lowest BCUT2D eigenvalue weighted by molar-refractivity contribution is -0.194. The lowest BCUT2D eigenvalue weighted by Gasteiger charge is -2.44. The van der Waals surface area contributed by atoms with Crippen LogP contribution in [-0.4, -0.2) is 35.2 Å². The molecule has 2 N–H and O–H groups in total. The smallest absolute Gasteiger partial charge is 0.336 e.